The molecule has 0 saturated carbocycles. The van der Waals surface area contributed by atoms with Gasteiger partial charge in [-0.15, -0.1) is 11.3 Å². The lowest BCUT2D eigenvalue weighted by molar-refractivity contribution is 0.0955. The van der Waals surface area contributed by atoms with Gasteiger partial charge >= 0.3 is 0 Å². The highest BCUT2D eigenvalue weighted by Gasteiger charge is 2.08. The number of nitrogens with zero attached hydrogens (tertiary/aromatic N) is 2. The van der Waals surface area contributed by atoms with Crippen LogP contribution in [0, 0.1) is 13.8 Å². The van der Waals surface area contributed by atoms with E-state index in [0.717, 1.165) is 32.4 Å². The number of carbonyl (C=O) groups excluding carboxylic acids is 1. The molecule has 0 unspecified atom stereocenters. The molecular weight excluding hydrogens is 422 g/mol. The Morgan fingerprint density at radius 3 is 2.48 bits per heavy atom. The SMILES string of the molecule is CC(=NNC(=O)c1ccc(CSc2nc3ccccc3s2)cc1)c1ccc(C)c(C)c1. The summed E-state index contributed by atoms with van der Waals surface area (Å²) in [4.78, 5) is 17.1. The van der Waals surface area contributed by atoms with Gasteiger partial charge in [-0.25, -0.2) is 10.4 Å². The van der Waals surface area contributed by atoms with E-state index in [2.05, 4.69) is 47.6 Å². The molecule has 0 spiro atoms. The molecule has 31 heavy (non-hydrogen) atoms. The maximum Gasteiger partial charge on any atom is 0.271 e. The van der Waals surface area contributed by atoms with E-state index >= 15 is 0 Å². The average Bonchev–Trinajstić information content (AvgIpc) is 3.21. The lowest BCUT2D eigenvalue weighted by Gasteiger charge is -2.06. The van der Waals surface area contributed by atoms with Crippen LogP contribution in [0.2, 0.25) is 0 Å². The first kappa shape index (κ1) is 21.3. The first-order chi connectivity index (χ1) is 15.0. The van der Waals surface area contributed by atoms with Gasteiger partial charge in [-0.1, -0.05) is 48.2 Å². The standard InChI is InChI=1S/C25H23N3OS2/c1-16-8-11-21(14-17(16)2)18(3)27-28-24(29)20-12-9-19(10-13-20)15-30-25-26-22-6-4-5-7-23(22)31-25/h4-14H,15H2,1-3H3,(H,28,29). The van der Waals surface area contributed by atoms with Crippen molar-refractivity contribution in [1.82, 2.24) is 10.4 Å². The lowest BCUT2D eigenvalue weighted by Crippen LogP contribution is -2.19. The number of carbonyl (C=O) groups is 1. The number of nitrogens with one attached hydrogen (secondary N) is 1. The van der Waals surface area contributed by atoms with Crippen LogP contribution in [0.1, 0.15) is 39.5 Å². The monoisotopic (exact) mass is 445 g/mol. The van der Waals surface area contributed by atoms with Crippen LogP contribution in [-0.4, -0.2) is 16.6 Å². The molecule has 4 nitrogen and oxygen atoms in total. The molecule has 1 N–H and O–H groups in total. The van der Waals surface area contributed by atoms with E-state index < -0.39 is 0 Å². The van der Waals surface area contributed by atoms with E-state index in [4.69, 9.17) is 0 Å². The molecule has 1 amide bonds. The van der Waals surface area contributed by atoms with Crippen molar-refractivity contribution in [3.8, 4) is 0 Å². The third-order valence-electron chi connectivity index (χ3n) is 5.10. The van der Waals surface area contributed by atoms with E-state index in [9.17, 15) is 4.79 Å². The van der Waals surface area contributed by atoms with Crippen LogP contribution in [0.4, 0.5) is 0 Å². The summed E-state index contributed by atoms with van der Waals surface area (Å²) in [6, 6.07) is 22.0. The van der Waals surface area contributed by atoms with Crippen molar-refractivity contribution in [2.75, 3.05) is 0 Å². The molecule has 4 aromatic rings. The Morgan fingerprint density at radius 1 is 1.00 bits per heavy atom. The Balaban J connectivity index is 1.35. The third kappa shape index (κ3) is 5.21. The minimum Gasteiger partial charge on any atom is -0.267 e. The van der Waals surface area contributed by atoms with Crippen molar-refractivity contribution in [3.63, 3.8) is 0 Å². The predicted octanol–water partition coefficient (Wildman–Crippen LogP) is 6.36. The van der Waals surface area contributed by atoms with E-state index in [1.54, 1.807) is 23.1 Å². The van der Waals surface area contributed by atoms with E-state index in [1.807, 2.05) is 55.5 Å². The van der Waals surface area contributed by atoms with Crippen molar-refractivity contribution < 1.29 is 4.79 Å². The Kier molecular flexibility index (Phi) is 6.49. The molecule has 0 aliphatic heterocycles. The van der Waals surface area contributed by atoms with Crippen LogP contribution < -0.4 is 5.43 Å². The summed E-state index contributed by atoms with van der Waals surface area (Å²) in [6.45, 7) is 6.04. The predicted molar refractivity (Wildman–Crippen MR) is 131 cm³/mol. The fourth-order valence-corrected chi connectivity index (χ4v) is 5.06. The Labute approximate surface area is 190 Å². The number of hydrogen-bond donors (Lipinski definition) is 1. The fourth-order valence-electron chi connectivity index (χ4n) is 3.04. The average molecular weight is 446 g/mol. The van der Waals surface area contributed by atoms with Crippen LogP contribution in [0.5, 0.6) is 0 Å². The maximum atomic E-state index is 12.5. The molecule has 1 heterocycles. The minimum absolute atomic E-state index is 0.214. The van der Waals surface area contributed by atoms with E-state index in [0.29, 0.717) is 5.56 Å². The van der Waals surface area contributed by atoms with Gasteiger partial charge in [0.1, 0.15) is 0 Å². The summed E-state index contributed by atoms with van der Waals surface area (Å²) in [6.07, 6.45) is 0. The van der Waals surface area contributed by atoms with Crippen molar-refractivity contribution in [1.29, 1.82) is 0 Å². The largest absolute Gasteiger partial charge is 0.271 e. The minimum atomic E-state index is -0.214. The second-order valence-electron chi connectivity index (χ2n) is 7.37. The summed E-state index contributed by atoms with van der Waals surface area (Å²) in [7, 11) is 0. The van der Waals surface area contributed by atoms with Crippen LogP contribution in [0.3, 0.4) is 0 Å². The summed E-state index contributed by atoms with van der Waals surface area (Å²) in [5, 5.41) is 4.27. The number of aryl methyl sites for hydroxylation is 2. The molecule has 156 valence electrons. The van der Waals surface area contributed by atoms with Gasteiger partial charge in [-0.2, -0.15) is 5.10 Å². The first-order valence-electron chi connectivity index (χ1n) is 9.99. The number of thiazole rings is 1. The molecule has 0 saturated heterocycles. The zero-order valence-corrected chi connectivity index (χ0v) is 19.3. The van der Waals surface area contributed by atoms with E-state index in [-0.39, 0.29) is 5.91 Å². The molecule has 4 rings (SSSR count). The number of rotatable bonds is 6. The van der Waals surface area contributed by atoms with Crippen molar-refractivity contribution in [2.45, 2.75) is 30.9 Å². The number of thioether (sulfide) groups is 1. The topological polar surface area (TPSA) is 54.4 Å². The molecule has 3 aromatic carbocycles. The number of benzene rings is 3. The van der Waals surface area contributed by atoms with Gasteiger partial charge in [0.15, 0.2) is 4.34 Å². The summed E-state index contributed by atoms with van der Waals surface area (Å²) in [5.74, 6) is 0.597. The highest BCUT2D eigenvalue weighted by molar-refractivity contribution is 8.00. The Hall–Kier alpha value is -2.96. The van der Waals surface area contributed by atoms with Crippen LogP contribution >= 0.6 is 23.1 Å². The van der Waals surface area contributed by atoms with Gasteiger partial charge in [0.25, 0.3) is 5.91 Å². The van der Waals surface area contributed by atoms with Crippen molar-refractivity contribution >= 4 is 44.9 Å². The Bertz CT molecular complexity index is 1230. The number of aromatic nitrogens is 1. The molecule has 1 aromatic heterocycles. The second-order valence-corrected chi connectivity index (χ2v) is 9.62. The van der Waals surface area contributed by atoms with Crippen LogP contribution in [0.15, 0.2) is 76.2 Å². The van der Waals surface area contributed by atoms with Crippen molar-refractivity contribution in [2.24, 2.45) is 5.10 Å². The first-order valence-corrected chi connectivity index (χ1v) is 11.8. The van der Waals surface area contributed by atoms with Gasteiger partial charge in [0.05, 0.1) is 15.9 Å². The number of para-hydroxylation sites is 1. The van der Waals surface area contributed by atoms with Gasteiger partial charge in [-0.05, 0) is 73.4 Å². The zero-order chi connectivity index (χ0) is 21.8. The number of fused-ring (bicyclic) bond motifs is 1. The normalized spacial score (nSPS) is 11.6. The maximum absolute atomic E-state index is 12.5. The summed E-state index contributed by atoms with van der Waals surface area (Å²) in [5.41, 5.74) is 9.66. The smallest absolute Gasteiger partial charge is 0.267 e. The zero-order valence-electron chi connectivity index (χ0n) is 17.7. The van der Waals surface area contributed by atoms with Crippen molar-refractivity contribution in [3.05, 3.63) is 94.5 Å². The molecule has 0 aliphatic carbocycles. The molecule has 0 aliphatic rings. The summed E-state index contributed by atoms with van der Waals surface area (Å²) < 4.78 is 2.26. The highest BCUT2D eigenvalue weighted by Crippen LogP contribution is 2.31. The second kappa shape index (κ2) is 9.45. The molecule has 6 heteroatoms. The van der Waals surface area contributed by atoms with Gasteiger partial charge in [0, 0.05) is 11.3 Å². The number of amides is 1. The molecule has 0 fully saturated rings. The molecular formula is C25H23N3OS2. The third-order valence-corrected chi connectivity index (χ3v) is 7.35. The number of hydrogen-bond acceptors (Lipinski definition) is 5. The summed E-state index contributed by atoms with van der Waals surface area (Å²) >= 11 is 3.42. The van der Waals surface area contributed by atoms with Gasteiger partial charge in [0.2, 0.25) is 0 Å². The lowest BCUT2D eigenvalue weighted by atomic mass is 10.0. The Morgan fingerprint density at radius 2 is 1.74 bits per heavy atom. The molecule has 0 radical (unpaired) electrons. The van der Waals surface area contributed by atoms with Gasteiger partial charge in [-0.3, -0.25) is 4.79 Å². The molecule has 0 atom stereocenters. The van der Waals surface area contributed by atoms with Crippen LogP contribution in [-0.2, 0) is 5.75 Å². The fraction of sp³-hybridized carbons (Fsp3) is 0.160. The van der Waals surface area contributed by atoms with Gasteiger partial charge < -0.3 is 0 Å². The highest BCUT2D eigenvalue weighted by atomic mass is 32.2. The van der Waals surface area contributed by atoms with E-state index in [1.165, 1.54) is 15.8 Å². The molecule has 0 bridgehead atoms. The quantitative estimate of drug-likeness (QED) is 0.213. The number of hydrazone groups is 1. The van der Waals surface area contributed by atoms with Crippen LogP contribution in [0.25, 0.3) is 10.2 Å².